The molecule has 1 aromatic rings. The number of nitrogens with one attached hydrogen (secondary N) is 1. The first-order valence-corrected chi connectivity index (χ1v) is 4.82. The average Bonchev–Trinajstić information content (AvgIpc) is 2.31. The fourth-order valence-corrected chi connectivity index (χ4v) is 1.72. The highest BCUT2D eigenvalue weighted by atomic mass is 15.3. The van der Waals surface area contributed by atoms with Crippen LogP contribution >= 0.6 is 0 Å². The highest BCUT2D eigenvalue weighted by molar-refractivity contribution is 5.12. The average molecular weight is 179 g/mol. The second kappa shape index (κ2) is 2.84. The van der Waals surface area contributed by atoms with Crippen LogP contribution < -0.4 is 0 Å². The van der Waals surface area contributed by atoms with Crippen molar-refractivity contribution in [1.82, 2.24) is 15.1 Å². The van der Waals surface area contributed by atoms with Gasteiger partial charge >= 0.3 is 0 Å². The minimum Gasteiger partial charge on any atom is -0.297 e. The van der Waals surface area contributed by atoms with Gasteiger partial charge in [-0.3, -0.25) is 10.00 Å². The molecule has 0 unspecified atom stereocenters. The number of rotatable bonds is 1. The number of hydrogen-bond acceptors (Lipinski definition) is 2. The summed E-state index contributed by atoms with van der Waals surface area (Å²) in [6, 6.07) is 2.07. The lowest BCUT2D eigenvalue weighted by Crippen LogP contribution is -2.54. The Morgan fingerprint density at radius 1 is 1.46 bits per heavy atom. The molecule has 0 amide bonds. The first-order valence-electron chi connectivity index (χ1n) is 4.82. The molecule has 13 heavy (non-hydrogen) atoms. The van der Waals surface area contributed by atoms with Crippen LogP contribution in [-0.2, 0) is 0 Å². The fourth-order valence-electron chi connectivity index (χ4n) is 1.72. The molecule has 1 fully saturated rings. The summed E-state index contributed by atoms with van der Waals surface area (Å²) in [6.45, 7) is 9.10. The Morgan fingerprint density at radius 3 is 2.62 bits per heavy atom. The highest BCUT2D eigenvalue weighted by Gasteiger charge is 2.35. The maximum Gasteiger partial charge on any atom is 0.0490 e. The summed E-state index contributed by atoms with van der Waals surface area (Å²) in [4.78, 5) is 2.48. The van der Waals surface area contributed by atoms with Crippen LogP contribution in [0.25, 0.3) is 0 Å². The van der Waals surface area contributed by atoms with Gasteiger partial charge in [-0.25, -0.2) is 0 Å². The van der Waals surface area contributed by atoms with Crippen LogP contribution in [0.15, 0.2) is 12.3 Å². The van der Waals surface area contributed by atoms with Crippen molar-refractivity contribution < 1.29 is 0 Å². The van der Waals surface area contributed by atoms with Crippen molar-refractivity contribution in [2.45, 2.75) is 32.2 Å². The maximum absolute atomic E-state index is 3.97. The number of hydrogen-bond donors (Lipinski definition) is 1. The van der Waals surface area contributed by atoms with Gasteiger partial charge in [-0.2, -0.15) is 5.10 Å². The predicted molar refractivity (Wildman–Crippen MR) is 52.7 cm³/mol. The Labute approximate surface area is 79.1 Å². The van der Waals surface area contributed by atoms with Gasteiger partial charge in [-0.1, -0.05) is 0 Å². The van der Waals surface area contributed by atoms with E-state index in [2.05, 4.69) is 41.9 Å². The van der Waals surface area contributed by atoms with E-state index in [0.29, 0.717) is 11.5 Å². The van der Waals surface area contributed by atoms with Crippen molar-refractivity contribution in [3.05, 3.63) is 18.0 Å². The van der Waals surface area contributed by atoms with Gasteiger partial charge in [0.25, 0.3) is 0 Å². The molecule has 1 N–H and O–H groups in total. The van der Waals surface area contributed by atoms with Crippen molar-refractivity contribution in [2.24, 2.45) is 0 Å². The molecule has 1 aliphatic rings. The number of aromatic amines is 1. The quantitative estimate of drug-likeness (QED) is 0.710. The molecular formula is C10H17N3. The van der Waals surface area contributed by atoms with Crippen LogP contribution in [0.4, 0.5) is 0 Å². The number of likely N-dealkylation sites (tertiary alicyclic amines) is 1. The number of nitrogens with zero attached hydrogens (tertiary/aromatic N) is 2. The molecule has 0 atom stereocenters. The molecular weight excluding hydrogens is 162 g/mol. The summed E-state index contributed by atoms with van der Waals surface area (Å²) in [6.07, 6.45) is 1.83. The normalized spacial score (nSPS) is 20.2. The van der Waals surface area contributed by atoms with E-state index >= 15 is 0 Å². The molecule has 2 rings (SSSR count). The first-order chi connectivity index (χ1) is 6.07. The van der Waals surface area contributed by atoms with E-state index in [1.165, 1.54) is 5.69 Å². The molecule has 1 saturated heterocycles. The van der Waals surface area contributed by atoms with E-state index in [4.69, 9.17) is 0 Å². The van der Waals surface area contributed by atoms with E-state index in [1.54, 1.807) is 0 Å². The molecule has 0 saturated carbocycles. The van der Waals surface area contributed by atoms with E-state index in [-0.39, 0.29) is 0 Å². The molecule has 2 heterocycles. The van der Waals surface area contributed by atoms with Gasteiger partial charge in [0, 0.05) is 36.4 Å². The van der Waals surface area contributed by atoms with E-state index < -0.39 is 0 Å². The van der Waals surface area contributed by atoms with Crippen LogP contribution in [0.2, 0.25) is 0 Å². The van der Waals surface area contributed by atoms with Gasteiger partial charge in [0.05, 0.1) is 0 Å². The largest absolute Gasteiger partial charge is 0.297 e. The monoisotopic (exact) mass is 179 g/mol. The zero-order chi connectivity index (χ0) is 9.47. The Morgan fingerprint density at radius 2 is 2.15 bits per heavy atom. The minimum absolute atomic E-state index is 0.316. The third-order valence-electron chi connectivity index (χ3n) is 2.79. The Bertz CT molecular complexity index is 265. The van der Waals surface area contributed by atoms with Crippen LogP contribution in [0, 0.1) is 0 Å². The smallest absolute Gasteiger partial charge is 0.0490 e. The standard InChI is InChI=1S/C10H17N3/c1-10(2,3)13-6-8(7-13)9-4-5-11-12-9/h4-5,8H,6-7H2,1-3H3,(H,11,12). The van der Waals surface area contributed by atoms with Crippen LogP contribution in [0.1, 0.15) is 32.4 Å². The van der Waals surface area contributed by atoms with Crippen molar-refractivity contribution in [3.63, 3.8) is 0 Å². The fraction of sp³-hybridized carbons (Fsp3) is 0.700. The lowest BCUT2D eigenvalue weighted by Gasteiger charge is -2.47. The molecule has 3 nitrogen and oxygen atoms in total. The topological polar surface area (TPSA) is 31.9 Å². The molecule has 72 valence electrons. The van der Waals surface area contributed by atoms with Gasteiger partial charge in [0.15, 0.2) is 0 Å². The molecule has 1 aromatic heterocycles. The summed E-state index contributed by atoms with van der Waals surface area (Å²) in [5.74, 6) is 0.668. The summed E-state index contributed by atoms with van der Waals surface area (Å²) < 4.78 is 0. The van der Waals surface area contributed by atoms with Crippen LogP contribution in [0.3, 0.4) is 0 Å². The number of H-pyrrole nitrogens is 1. The minimum atomic E-state index is 0.316. The van der Waals surface area contributed by atoms with E-state index in [9.17, 15) is 0 Å². The van der Waals surface area contributed by atoms with Gasteiger partial charge < -0.3 is 0 Å². The second-order valence-corrected chi connectivity index (χ2v) is 4.78. The molecule has 1 aliphatic heterocycles. The summed E-state index contributed by atoms with van der Waals surface area (Å²) in [5.41, 5.74) is 1.59. The predicted octanol–water partition coefficient (Wildman–Crippen LogP) is 1.61. The van der Waals surface area contributed by atoms with Crippen molar-refractivity contribution in [2.75, 3.05) is 13.1 Å². The molecule has 0 spiro atoms. The molecule has 0 aliphatic carbocycles. The van der Waals surface area contributed by atoms with Crippen LogP contribution in [-0.4, -0.2) is 33.7 Å². The van der Waals surface area contributed by atoms with Gasteiger partial charge in [-0.05, 0) is 26.8 Å². The number of aromatic nitrogens is 2. The van der Waals surface area contributed by atoms with E-state index in [0.717, 1.165) is 13.1 Å². The molecule has 3 heteroatoms. The third-order valence-corrected chi connectivity index (χ3v) is 2.79. The third kappa shape index (κ3) is 1.61. The zero-order valence-electron chi connectivity index (χ0n) is 8.54. The lowest BCUT2D eigenvalue weighted by atomic mass is 9.90. The molecule has 0 aromatic carbocycles. The Hall–Kier alpha value is -0.830. The van der Waals surface area contributed by atoms with Gasteiger partial charge in [0.1, 0.15) is 0 Å². The Balaban J connectivity index is 1.93. The van der Waals surface area contributed by atoms with Gasteiger partial charge in [0.2, 0.25) is 0 Å². The Kier molecular flexibility index (Phi) is 1.91. The summed E-state index contributed by atoms with van der Waals surface area (Å²) in [5, 5.41) is 7.00. The van der Waals surface area contributed by atoms with Crippen molar-refractivity contribution >= 4 is 0 Å². The SMILES string of the molecule is CC(C)(C)N1CC(c2ccn[nH]2)C1. The zero-order valence-corrected chi connectivity index (χ0v) is 8.54. The molecule has 0 bridgehead atoms. The first kappa shape index (κ1) is 8.75. The van der Waals surface area contributed by atoms with Crippen molar-refractivity contribution in [1.29, 1.82) is 0 Å². The van der Waals surface area contributed by atoms with Gasteiger partial charge in [-0.15, -0.1) is 0 Å². The lowest BCUT2D eigenvalue weighted by molar-refractivity contribution is 0.0456. The van der Waals surface area contributed by atoms with E-state index in [1.807, 2.05) is 6.20 Å². The molecule has 0 radical (unpaired) electrons. The van der Waals surface area contributed by atoms with Crippen LogP contribution in [0.5, 0.6) is 0 Å². The highest BCUT2D eigenvalue weighted by Crippen LogP contribution is 2.30. The maximum atomic E-state index is 3.97. The second-order valence-electron chi connectivity index (χ2n) is 4.78. The summed E-state index contributed by atoms with van der Waals surface area (Å²) in [7, 11) is 0. The summed E-state index contributed by atoms with van der Waals surface area (Å²) >= 11 is 0. The van der Waals surface area contributed by atoms with Crippen molar-refractivity contribution in [3.8, 4) is 0 Å².